The number of likely N-dealkylation sites (N-methyl/N-ethyl adjacent to an activating group) is 1. The first-order chi connectivity index (χ1) is 11.5. The molecule has 4 nitrogen and oxygen atoms in total. The molecule has 130 valence electrons. The van der Waals surface area contributed by atoms with Crippen molar-refractivity contribution in [3.05, 3.63) is 36.1 Å². The molecule has 1 fully saturated rings. The van der Waals surface area contributed by atoms with Crippen molar-refractivity contribution >= 4 is 16.9 Å². The van der Waals surface area contributed by atoms with Crippen molar-refractivity contribution in [3.8, 4) is 0 Å². The molecule has 0 saturated heterocycles. The highest BCUT2D eigenvalue weighted by atomic mass is 16.3. The van der Waals surface area contributed by atoms with E-state index < -0.39 is 0 Å². The number of nitrogens with zero attached hydrogens (tertiary/aromatic N) is 1. The molecule has 3 rings (SSSR count). The molecule has 2 aromatic rings. The molecule has 0 radical (unpaired) electrons. The second-order valence-corrected chi connectivity index (χ2v) is 7.21. The standard InChI is InChI=1S/C20H28N2O2/c1-14-8-4-6-10-17(14)21-20(23)13-22(3)15(2)19-12-16-9-5-7-11-18(16)24-19/h5,7,9,11-12,14-15,17H,4,6,8,10,13H2,1-3H3,(H,21,23). The van der Waals surface area contributed by atoms with Crippen LogP contribution in [0, 0.1) is 5.92 Å². The summed E-state index contributed by atoms with van der Waals surface area (Å²) >= 11 is 0. The number of carbonyl (C=O) groups excluding carboxylic acids is 1. The largest absolute Gasteiger partial charge is 0.459 e. The first-order valence-corrected chi connectivity index (χ1v) is 9.02. The third-order valence-electron chi connectivity index (χ3n) is 5.37. The van der Waals surface area contributed by atoms with Crippen LogP contribution in [0.25, 0.3) is 11.0 Å². The second-order valence-electron chi connectivity index (χ2n) is 7.21. The van der Waals surface area contributed by atoms with Crippen LogP contribution in [0.3, 0.4) is 0 Å². The van der Waals surface area contributed by atoms with E-state index in [0.717, 1.165) is 23.2 Å². The summed E-state index contributed by atoms with van der Waals surface area (Å²) in [6.07, 6.45) is 4.84. The van der Waals surface area contributed by atoms with Crippen LogP contribution in [0.5, 0.6) is 0 Å². The van der Waals surface area contributed by atoms with E-state index in [0.29, 0.717) is 18.5 Å². The number of para-hydroxylation sites is 1. The van der Waals surface area contributed by atoms with Gasteiger partial charge in [-0.15, -0.1) is 0 Å². The fraction of sp³-hybridized carbons (Fsp3) is 0.550. The Morgan fingerprint density at radius 3 is 2.83 bits per heavy atom. The van der Waals surface area contributed by atoms with Crippen LogP contribution >= 0.6 is 0 Å². The molecule has 1 aliphatic rings. The number of benzene rings is 1. The average molecular weight is 328 g/mol. The van der Waals surface area contributed by atoms with Crippen molar-refractivity contribution in [2.24, 2.45) is 5.92 Å². The molecule has 0 aliphatic heterocycles. The number of fused-ring (bicyclic) bond motifs is 1. The Bertz CT molecular complexity index is 661. The lowest BCUT2D eigenvalue weighted by molar-refractivity contribution is -0.123. The fourth-order valence-electron chi connectivity index (χ4n) is 3.57. The van der Waals surface area contributed by atoms with E-state index >= 15 is 0 Å². The van der Waals surface area contributed by atoms with Crippen molar-refractivity contribution < 1.29 is 9.21 Å². The Balaban J connectivity index is 1.58. The Morgan fingerprint density at radius 1 is 1.33 bits per heavy atom. The van der Waals surface area contributed by atoms with Crippen LogP contribution in [-0.4, -0.2) is 30.4 Å². The maximum Gasteiger partial charge on any atom is 0.234 e. The van der Waals surface area contributed by atoms with Gasteiger partial charge in [-0.05, 0) is 44.9 Å². The predicted octanol–water partition coefficient (Wildman–Crippen LogP) is 4.12. The summed E-state index contributed by atoms with van der Waals surface area (Å²) in [6.45, 7) is 4.71. The van der Waals surface area contributed by atoms with Crippen LogP contribution in [0.2, 0.25) is 0 Å². The minimum atomic E-state index is 0.0620. The van der Waals surface area contributed by atoms with Gasteiger partial charge in [-0.2, -0.15) is 0 Å². The monoisotopic (exact) mass is 328 g/mol. The molecule has 1 N–H and O–H groups in total. The van der Waals surface area contributed by atoms with Crippen molar-refractivity contribution in [1.82, 2.24) is 10.2 Å². The van der Waals surface area contributed by atoms with Crippen molar-refractivity contribution in [2.75, 3.05) is 13.6 Å². The van der Waals surface area contributed by atoms with Gasteiger partial charge in [0.15, 0.2) is 0 Å². The maximum absolute atomic E-state index is 12.4. The van der Waals surface area contributed by atoms with Gasteiger partial charge in [0.25, 0.3) is 0 Å². The van der Waals surface area contributed by atoms with Gasteiger partial charge < -0.3 is 9.73 Å². The summed E-state index contributed by atoms with van der Waals surface area (Å²) in [4.78, 5) is 14.4. The van der Waals surface area contributed by atoms with Crippen molar-refractivity contribution in [2.45, 2.75) is 51.6 Å². The van der Waals surface area contributed by atoms with E-state index in [1.807, 2.05) is 36.2 Å². The van der Waals surface area contributed by atoms with Crippen LogP contribution in [-0.2, 0) is 4.79 Å². The lowest BCUT2D eigenvalue weighted by Crippen LogP contribution is -2.45. The zero-order valence-corrected chi connectivity index (χ0v) is 14.9. The van der Waals surface area contributed by atoms with Crippen LogP contribution in [0.15, 0.2) is 34.7 Å². The van der Waals surface area contributed by atoms with Crippen LogP contribution < -0.4 is 5.32 Å². The molecule has 1 aliphatic carbocycles. The number of rotatable bonds is 5. The zero-order chi connectivity index (χ0) is 17.1. The predicted molar refractivity (Wildman–Crippen MR) is 96.8 cm³/mol. The molecule has 1 aromatic carbocycles. The summed E-state index contributed by atoms with van der Waals surface area (Å²) in [5, 5.41) is 4.33. The molecular formula is C20H28N2O2. The van der Waals surface area contributed by atoms with E-state index in [1.165, 1.54) is 19.3 Å². The molecule has 1 heterocycles. The van der Waals surface area contributed by atoms with E-state index in [1.54, 1.807) is 0 Å². The van der Waals surface area contributed by atoms with E-state index in [4.69, 9.17) is 4.42 Å². The average Bonchev–Trinajstić information content (AvgIpc) is 3.00. The smallest absolute Gasteiger partial charge is 0.234 e. The molecular weight excluding hydrogens is 300 g/mol. The lowest BCUT2D eigenvalue weighted by atomic mass is 9.86. The van der Waals surface area contributed by atoms with E-state index in [9.17, 15) is 4.79 Å². The third-order valence-corrected chi connectivity index (χ3v) is 5.37. The van der Waals surface area contributed by atoms with Gasteiger partial charge >= 0.3 is 0 Å². The molecule has 1 aromatic heterocycles. The van der Waals surface area contributed by atoms with Gasteiger partial charge in [0.05, 0.1) is 12.6 Å². The molecule has 3 atom stereocenters. The van der Waals surface area contributed by atoms with Crippen LogP contribution in [0.1, 0.15) is 51.3 Å². The Kier molecular flexibility index (Phi) is 5.24. The molecule has 24 heavy (non-hydrogen) atoms. The highest BCUT2D eigenvalue weighted by Crippen LogP contribution is 2.27. The van der Waals surface area contributed by atoms with Gasteiger partial charge in [-0.3, -0.25) is 9.69 Å². The van der Waals surface area contributed by atoms with Crippen LogP contribution in [0.4, 0.5) is 0 Å². The topological polar surface area (TPSA) is 45.5 Å². The van der Waals surface area contributed by atoms with Gasteiger partial charge in [-0.1, -0.05) is 38.0 Å². The number of furan rings is 1. The SMILES string of the molecule is CC1CCCCC1NC(=O)CN(C)C(C)c1cc2ccccc2o1. The fourth-order valence-corrected chi connectivity index (χ4v) is 3.57. The molecule has 0 spiro atoms. The Morgan fingerprint density at radius 2 is 2.08 bits per heavy atom. The number of hydrogen-bond donors (Lipinski definition) is 1. The molecule has 4 heteroatoms. The number of amides is 1. The quantitative estimate of drug-likeness (QED) is 0.898. The molecule has 1 saturated carbocycles. The molecule has 3 unspecified atom stereocenters. The van der Waals surface area contributed by atoms with Gasteiger partial charge in [0, 0.05) is 11.4 Å². The Hall–Kier alpha value is -1.81. The highest BCUT2D eigenvalue weighted by Gasteiger charge is 2.24. The minimum absolute atomic E-state index is 0.0620. The first kappa shape index (κ1) is 17.0. The Labute approximate surface area is 144 Å². The molecule has 0 bridgehead atoms. The number of carbonyl (C=O) groups is 1. The van der Waals surface area contributed by atoms with Gasteiger partial charge in [-0.25, -0.2) is 0 Å². The minimum Gasteiger partial charge on any atom is -0.459 e. The van der Waals surface area contributed by atoms with Crippen molar-refractivity contribution in [3.63, 3.8) is 0 Å². The number of nitrogens with one attached hydrogen (secondary N) is 1. The first-order valence-electron chi connectivity index (χ1n) is 9.02. The normalized spacial score (nSPS) is 22.7. The summed E-state index contributed by atoms with van der Waals surface area (Å²) in [6, 6.07) is 10.5. The summed E-state index contributed by atoms with van der Waals surface area (Å²) in [5.74, 6) is 1.59. The highest BCUT2D eigenvalue weighted by molar-refractivity contribution is 5.79. The molecule has 1 amide bonds. The van der Waals surface area contributed by atoms with Gasteiger partial charge in [0.2, 0.25) is 5.91 Å². The van der Waals surface area contributed by atoms with E-state index in [-0.39, 0.29) is 11.9 Å². The number of hydrogen-bond acceptors (Lipinski definition) is 3. The lowest BCUT2D eigenvalue weighted by Gasteiger charge is -2.30. The van der Waals surface area contributed by atoms with Crippen molar-refractivity contribution in [1.29, 1.82) is 0 Å². The maximum atomic E-state index is 12.4. The summed E-state index contributed by atoms with van der Waals surface area (Å²) in [5.41, 5.74) is 0.897. The third kappa shape index (κ3) is 3.81. The second kappa shape index (κ2) is 7.39. The summed E-state index contributed by atoms with van der Waals surface area (Å²) < 4.78 is 5.93. The van der Waals surface area contributed by atoms with E-state index in [2.05, 4.69) is 25.2 Å². The zero-order valence-electron chi connectivity index (χ0n) is 14.9. The summed E-state index contributed by atoms with van der Waals surface area (Å²) in [7, 11) is 1.97. The van der Waals surface area contributed by atoms with Gasteiger partial charge in [0.1, 0.15) is 11.3 Å².